The molecule has 0 fully saturated rings. The van der Waals surface area contributed by atoms with Gasteiger partial charge >= 0.3 is 0 Å². The number of hydrogen-bond donors (Lipinski definition) is 2. The van der Waals surface area contributed by atoms with Crippen LogP contribution in [-0.4, -0.2) is 44.2 Å². The second kappa shape index (κ2) is 9.18. The van der Waals surface area contributed by atoms with Gasteiger partial charge in [-0.05, 0) is 55.0 Å². The second-order valence-corrected chi connectivity index (χ2v) is 9.00. The van der Waals surface area contributed by atoms with Crippen molar-refractivity contribution < 1.29 is 26.3 Å². The third kappa shape index (κ3) is 5.93. The van der Waals surface area contributed by atoms with Crippen molar-refractivity contribution in [3.05, 3.63) is 48.5 Å². The molecule has 148 valence electrons. The largest absolute Gasteiger partial charge is 0.497 e. The van der Waals surface area contributed by atoms with E-state index in [0.717, 1.165) is 0 Å². The molecule has 2 N–H and O–H groups in total. The van der Waals surface area contributed by atoms with Gasteiger partial charge in [-0.2, -0.15) is 0 Å². The topological polar surface area (TPSA) is 111 Å². The maximum atomic E-state index is 12.4. The Morgan fingerprint density at radius 2 is 1.37 bits per heavy atom. The van der Waals surface area contributed by atoms with E-state index in [4.69, 9.17) is 9.47 Å². The quantitative estimate of drug-likeness (QED) is 0.574. The normalized spacial score (nSPS) is 11.9. The van der Waals surface area contributed by atoms with Crippen LogP contribution in [0, 0.1) is 0 Å². The van der Waals surface area contributed by atoms with Crippen LogP contribution in [0.5, 0.6) is 5.75 Å². The summed E-state index contributed by atoms with van der Waals surface area (Å²) in [7, 11) is -4.42. The van der Waals surface area contributed by atoms with Crippen molar-refractivity contribution in [3.63, 3.8) is 0 Å². The molecule has 2 rings (SSSR count). The molecule has 0 heterocycles. The van der Waals surface area contributed by atoms with Crippen molar-refractivity contribution in [1.82, 2.24) is 4.72 Å². The van der Waals surface area contributed by atoms with Crippen molar-refractivity contribution >= 4 is 25.7 Å². The Hall–Kier alpha value is -2.14. The molecule has 8 nitrogen and oxygen atoms in total. The highest BCUT2D eigenvalue weighted by atomic mass is 32.2. The first kappa shape index (κ1) is 21.2. The molecule has 0 spiro atoms. The Labute approximate surface area is 159 Å². The zero-order chi connectivity index (χ0) is 19.9. The summed E-state index contributed by atoms with van der Waals surface area (Å²) in [5.41, 5.74) is 0.254. The van der Waals surface area contributed by atoms with Crippen molar-refractivity contribution in [2.75, 3.05) is 32.1 Å². The molecule has 2 aromatic carbocycles. The van der Waals surface area contributed by atoms with Crippen LogP contribution in [0.4, 0.5) is 5.69 Å². The predicted molar refractivity (Wildman–Crippen MR) is 102 cm³/mol. The van der Waals surface area contributed by atoms with E-state index in [9.17, 15) is 16.8 Å². The molecule has 2 aromatic rings. The molecule has 10 heteroatoms. The summed E-state index contributed by atoms with van der Waals surface area (Å²) in [6.07, 6.45) is 0.551. The molecule has 0 unspecified atom stereocenters. The van der Waals surface area contributed by atoms with E-state index in [0.29, 0.717) is 18.8 Å². The van der Waals surface area contributed by atoms with Crippen molar-refractivity contribution in [2.45, 2.75) is 16.2 Å². The average molecular weight is 415 g/mol. The summed E-state index contributed by atoms with van der Waals surface area (Å²) >= 11 is 0. The first-order valence-corrected chi connectivity index (χ1v) is 11.0. The fourth-order valence-electron chi connectivity index (χ4n) is 2.18. The smallest absolute Gasteiger partial charge is 0.261 e. The number of rotatable bonds is 10. The van der Waals surface area contributed by atoms with Crippen LogP contribution in [0.25, 0.3) is 0 Å². The Morgan fingerprint density at radius 1 is 0.815 bits per heavy atom. The summed E-state index contributed by atoms with van der Waals surface area (Å²) in [6.45, 7) is 0.705. The van der Waals surface area contributed by atoms with Crippen LogP contribution in [0.2, 0.25) is 0 Å². The van der Waals surface area contributed by atoms with Gasteiger partial charge in [-0.15, -0.1) is 0 Å². The zero-order valence-corrected chi connectivity index (χ0v) is 16.6. The SMILES string of the molecule is COCCCNS(=O)(=O)c1ccc(NS(=O)(=O)c2ccc(OC)cc2)cc1. The van der Waals surface area contributed by atoms with Gasteiger partial charge in [-0.3, -0.25) is 4.72 Å². The van der Waals surface area contributed by atoms with Crippen LogP contribution >= 0.6 is 0 Å². The number of benzene rings is 2. The number of anilines is 1. The number of sulfonamides is 2. The van der Waals surface area contributed by atoms with E-state index in [1.54, 1.807) is 19.2 Å². The molecular formula is C17H22N2O6S2. The first-order valence-electron chi connectivity index (χ1n) is 8.04. The molecule has 0 amide bonds. The molecule has 0 bridgehead atoms. The molecule has 27 heavy (non-hydrogen) atoms. The van der Waals surface area contributed by atoms with Crippen LogP contribution in [0.15, 0.2) is 58.3 Å². The number of methoxy groups -OCH3 is 2. The van der Waals surface area contributed by atoms with E-state index in [1.165, 1.54) is 43.5 Å². The second-order valence-electron chi connectivity index (χ2n) is 5.55. The summed E-state index contributed by atoms with van der Waals surface area (Å²) in [5, 5.41) is 0. The maximum Gasteiger partial charge on any atom is 0.261 e. The highest BCUT2D eigenvalue weighted by Gasteiger charge is 2.16. The molecular weight excluding hydrogens is 392 g/mol. The van der Waals surface area contributed by atoms with Gasteiger partial charge in [0.2, 0.25) is 10.0 Å². The zero-order valence-electron chi connectivity index (χ0n) is 15.0. The van der Waals surface area contributed by atoms with Crippen LogP contribution < -0.4 is 14.2 Å². The molecule has 0 aliphatic heterocycles. The molecule has 0 radical (unpaired) electrons. The molecule has 0 aliphatic carbocycles. The van der Waals surface area contributed by atoms with Gasteiger partial charge in [0, 0.05) is 25.9 Å². The molecule has 0 atom stereocenters. The lowest BCUT2D eigenvalue weighted by Gasteiger charge is -2.10. The van der Waals surface area contributed by atoms with Gasteiger partial charge in [-0.25, -0.2) is 21.6 Å². The summed E-state index contributed by atoms with van der Waals surface area (Å²) in [6, 6.07) is 11.4. The Kier molecular flexibility index (Phi) is 7.19. The number of hydrogen-bond acceptors (Lipinski definition) is 6. The minimum absolute atomic E-state index is 0.0484. The average Bonchev–Trinajstić information content (AvgIpc) is 2.65. The van der Waals surface area contributed by atoms with E-state index >= 15 is 0 Å². The summed E-state index contributed by atoms with van der Waals surface area (Å²) < 4.78 is 63.9. The minimum Gasteiger partial charge on any atom is -0.497 e. The maximum absolute atomic E-state index is 12.4. The Balaban J connectivity index is 2.08. The Morgan fingerprint density at radius 3 is 1.93 bits per heavy atom. The lowest BCUT2D eigenvalue weighted by Crippen LogP contribution is -2.25. The van der Waals surface area contributed by atoms with Gasteiger partial charge < -0.3 is 9.47 Å². The van der Waals surface area contributed by atoms with E-state index in [1.807, 2.05) is 0 Å². The van der Waals surface area contributed by atoms with Crippen molar-refractivity contribution in [2.24, 2.45) is 0 Å². The van der Waals surface area contributed by atoms with E-state index < -0.39 is 20.0 Å². The van der Waals surface area contributed by atoms with Crippen LogP contribution in [0.1, 0.15) is 6.42 Å². The van der Waals surface area contributed by atoms with E-state index in [-0.39, 0.29) is 22.0 Å². The molecule has 0 saturated carbocycles. The van der Waals surface area contributed by atoms with E-state index in [2.05, 4.69) is 9.44 Å². The third-order valence-corrected chi connectivity index (χ3v) is 6.48. The van der Waals surface area contributed by atoms with Gasteiger partial charge in [-0.1, -0.05) is 0 Å². The highest BCUT2D eigenvalue weighted by Crippen LogP contribution is 2.20. The van der Waals surface area contributed by atoms with Crippen LogP contribution in [0.3, 0.4) is 0 Å². The van der Waals surface area contributed by atoms with Gasteiger partial charge in [0.25, 0.3) is 10.0 Å². The summed E-state index contributed by atoms with van der Waals surface area (Å²) in [5.74, 6) is 0.543. The first-order chi connectivity index (χ1) is 12.8. The van der Waals surface area contributed by atoms with Crippen LogP contribution in [-0.2, 0) is 24.8 Å². The van der Waals surface area contributed by atoms with Crippen molar-refractivity contribution in [3.8, 4) is 5.75 Å². The monoisotopic (exact) mass is 414 g/mol. The lowest BCUT2D eigenvalue weighted by atomic mass is 10.3. The highest BCUT2D eigenvalue weighted by molar-refractivity contribution is 7.92. The van der Waals surface area contributed by atoms with Gasteiger partial charge in [0.1, 0.15) is 5.75 Å². The summed E-state index contributed by atoms with van der Waals surface area (Å²) in [4.78, 5) is 0.118. The van der Waals surface area contributed by atoms with Gasteiger partial charge in [0.05, 0.1) is 16.9 Å². The molecule has 0 aromatic heterocycles. The lowest BCUT2D eigenvalue weighted by molar-refractivity contribution is 0.196. The number of nitrogens with one attached hydrogen (secondary N) is 2. The minimum atomic E-state index is -3.79. The number of ether oxygens (including phenoxy) is 2. The fraction of sp³-hybridized carbons (Fsp3) is 0.294. The van der Waals surface area contributed by atoms with Crippen molar-refractivity contribution in [1.29, 1.82) is 0 Å². The third-order valence-electron chi connectivity index (χ3n) is 3.60. The standard InChI is InChI=1S/C17H22N2O6S2/c1-24-13-3-12-18-26(20,21)16-8-4-14(5-9-16)19-27(22,23)17-10-6-15(25-2)7-11-17/h4-11,18-19H,3,12-13H2,1-2H3. The Bertz CT molecular complexity index is 940. The predicted octanol–water partition coefficient (Wildman–Crippen LogP) is 1.81. The van der Waals surface area contributed by atoms with Gasteiger partial charge in [0.15, 0.2) is 0 Å². The fourth-order valence-corrected chi connectivity index (χ4v) is 4.31. The molecule has 0 aliphatic rings. The molecule has 0 saturated heterocycles.